The molecular weight excluding hydrogens is 316 g/mol. The van der Waals surface area contributed by atoms with Gasteiger partial charge in [0.2, 0.25) is 0 Å². The first kappa shape index (κ1) is 15.5. The zero-order valence-corrected chi connectivity index (χ0v) is 14.7. The van der Waals surface area contributed by atoms with Crippen molar-refractivity contribution in [3.8, 4) is 10.6 Å². The van der Waals surface area contributed by atoms with Gasteiger partial charge in [0.15, 0.2) is 11.6 Å². The monoisotopic (exact) mass is 334 g/mol. The predicted molar refractivity (Wildman–Crippen MR) is 90.1 cm³/mol. The van der Waals surface area contributed by atoms with Crippen molar-refractivity contribution in [2.45, 2.75) is 37.8 Å². The Bertz CT molecular complexity index is 771. The number of thiophene rings is 1. The molecule has 0 aliphatic heterocycles. The van der Waals surface area contributed by atoms with E-state index in [-0.39, 0.29) is 17.0 Å². The van der Waals surface area contributed by atoms with Crippen molar-refractivity contribution < 1.29 is 9.59 Å². The summed E-state index contributed by atoms with van der Waals surface area (Å²) >= 11 is 3.17. The first-order chi connectivity index (χ1) is 10.3. The maximum Gasteiger partial charge on any atom is 0.165 e. The Labute approximate surface area is 137 Å². The van der Waals surface area contributed by atoms with Crippen LogP contribution in [0.3, 0.4) is 0 Å². The summed E-state index contributed by atoms with van der Waals surface area (Å²) in [5.74, 6) is 0.191. The Hall–Kier alpha value is -1.40. The number of fused-ring (bicyclic) bond motifs is 1. The van der Waals surface area contributed by atoms with E-state index < -0.39 is 0 Å². The lowest BCUT2D eigenvalue weighted by molar-refractivity contribution is 0.0910. The second-order valence-corrected chi connectivity index (χ2v) is 8.52. The van der Waals surface area contributed by atoms with Crippen LogP contribution in [-0.2, 0) is 6.42 Å². The number of hydrogen-bond donors (Lipinski definition) is 1. The van der Waals surface area contributed by atoms with Crippen LogP contribution in [0.15, 0.2) is 10.4 Å². The largest absolute Gasteiger partial charge is 0.294 e. The first-order valence-corrected chi connectivity index (χ1v) is 9.16. The summed E-state index contributed by atoms with van der Waals surface area (Å²) in [6.45, 7) is 5.77. The van der Waals surface area contributed by atoms with Gasteiger partial charge in [-0.2, -0.15) is 5.10 Å². The van der Waals surface area contributed by atoms with E-state index >= 15 is 0 Å². The number of nitrogens with zero attached hydrogens (tertiary/aromatic N) is 1. The van der Waals surface area contributed by atoms with Gasteiger partial charge >= 0.3 is 0 Å². The molecule has 0 bridgehead atoms. The molecule has 0 aromatic carbocycles. The smallest absolute Gasteiger partial charge is 0.165 e. The van der Waals surface area contributed by atoms with Gasteiger partial charge < -0.3 is 0 Å². The summed E-state index contributed by atoms with van der Waals surface area (Å²) in [5, 5.41) is 7.07. The number of H-pyrrole nitrogens is 1. The Morgan fingerprint density at radius 2 is 2.14 bits per heavy atom. The minimum Gasteiger partial charge on any atom is -0.294 e. The molecule has 4 nitrogen and oxygen atoms in total. The fraction of sp³-hybridized carbons (Fsp3) is 0.438. The highest BCUT2D eigenvalue weighted by molar-refractivity contribution is 8.00. The zero-order valence-electron chi connectivity index (χ0n) is 13.1. The van der Waals surface area contributed by atoms with Crippen LogP contribution < -0.4 is 0 Å². The highest BCUT2D eigenvalue weighted by Crippen LogP contribution is 2.48. The molecular formula is C16H18N2O2S2. The van der Waals surface area contributed by atoms with Crippen LogP contribution >= 0.6 is 23.1 Å². The fourth-order valence-corrected chi connectivity index (χ4v) is 5.12. The molecule has 0 amide bonds. The van der Waals surface area contributed by atoms with Gasteiger partial charge in [0, 0.05) is 18.2 Å². The van der Waals surface area contributed by atoms with Crippen molar-refractivity contribution in [3.63, 3.8) is 0 Å². The summed E-state index contributed by atoms with van der Waals surface area (Å²) in [7, 11) is 0. The molecule has 116 valence electrons. The molecule has 0 atom stereocenters. The third-order valence-corrected chi connectivity index (χ3v) is 6.33. The zero-order chi connectivity index (χ0) is 16.1. The van der Waals surface area contributed by atoms with Crippen LogP contribution in [0.1, 0.15) is 53.5 Å². The number of aromatic amines is 1. The molecule has 22 heavy (non-hydrogen) atoms. The number of ketones is 2. The Morgan fingerprint density at radius 3 is 2.77 bits per heavy atom. The molecule has 0 unspecified atom stereocenters. The van der Waals surface area contributed by atoms with Crippen molar-refractivity contribution in [2.75, 3.05) is 6.26 Å². The lowest BCUT2D eigenvalue weighted by atomic mass is 9.74. The molecule has 1 aliphatic carbocycles. The molecule has 0 radical (unpaired) electrons. The second-order valence-electron chi connectivity index (χ2n) is 6.42. The normalized spacial score (nSPS) is 16.6. The van der Waals surface area contributed by atoms with Gasteiger partial charge in [0.25, 0.3) is 0 Å². The van der Waals surface area contributed by atoms with Crippen LogP contribution in [0.25, 0.3) is 10.6 Å². The molecule has 0 spiro atoms. The van der Waals surface area contributed by atoms with Crippen molar-refractivity contribution in [1.29, 1.82) is 0 Å². The maximum absolute atomic E-state index is 12.6. The number of rotatable bonds is 3. The average Bonchev–Trinajstić information content (AvgIpc) is 3.00. The van der Waals surface area contributed by atoms with Gasteiger partial charge in [-0.25, -0.2) is 0 Å². The van der Waals surface area contributed by atoms with Gasteiger partial charge in [-0.15, -0.1) is 23.1 Å². The SMILES string of the molecule is CSc1sc(-c2n[nH]cc2C(C)=O)c2c1C(=O)CC(C)(C)C2. The van der Waals surface area contributed by atoms with E-state index in [0.717, 1.165) is 26.6 Å². The molecule has 6 heteroatoms. The molecule has 1 N–H and O–H groups in total. The Morgan fingerprint density at radius 1 is 1.41 bits per heavy atom. The number of carbonyl (C=O) groups excluding carboxylic acids is 2. The third kappa shape index (κ3) is 2.44. The third-order valence-electron chi connectivity index (χ3n) is 3.97. The van der Waals surface area contributed by atoms with Crippen LogP contribution in [0.2, 0.25) is 0 Å². The van der Waals surface area contributed by atoms with Gasteiger partial charge in [0.1, 0.15) is 5.69 Å². The molecule has 1 aliphatic rings. The minimum absolute atomic E-state index is 0.0157. The average molecular weight is 334 g/mol. The van der Waals surface area contributed by atoms with E-state index in [9.17, 15) is 9.59 Å². The van der Waals surface area contributed by atoms with E-state index in [4.69, 9.17) is 0 Å². The summed E-state index contributed by atoms with van der Waals surface area (Å²) < 4.78 is 1.03. The number of nitrogens with one attached hydrogen (secondary N) is 1. The lowest BCUT2D eigenvalue weighted by Crippen LogP contribution is -2.26. The predicted octanol–water partition coefficient (Wildman–Crippen LogP) is 4.22. The Kier molecular flexibility index (Phi) is 3.77. The van der Waals surface area contributed by atoms with Gasteiger partial charge in [-0.05, 0) is 30.6 Å². The molecule has 2 aromatic heterocycles. The molecule has 2 heterocycles. The van der Waals surface area contributed by atoms with E-state index in [1.54, 1.807) is 36.2 Å². The van der Waals surface area contributed by atoms with Gasteiger partial charge in [-0.1, -0.05) is 13.8 Å². The highest BCUT2D eigenvalue weighted by atomic mass is 32.2. The highest BCUT2D eigenvalue weighted by Gasteiger charge is 2.37. The van der Waals surface area contributed by atoms with Crippen LogP contribution in [0, 0.1) is 5.41 Å². The number of Topliss-reactive ketones (excluding diaryl/α,β-unsaturated/α-hetero) is 2. The lowest BCUT2D eigenvalue weighted by Gasteiger charge is -2.29. The first-order valence-electron chi connectivity index (χ1n) is 7.12. The summed E-state index contributed by atoms with van der Waals surface area (Å²) in [4.78, 5) is 25.4. The van der Waals surface area contributed by atoms with Crippen molar-refractivity contribution in [2.24, 2.45) is 5.41 Å². The van der Waals surface area contributed by atoms with Crippen LogP contribution in [-0.4, -0.2) is 28.0 Å². The summed E-state index contributed by atoms with van der Waals surface area (Å²) in [5.41, 5.74) is 3.13. The standard InChI is InChI=1S/C16H18N2O2S2/c1-8(19)10-7-17-18-13(10)14-9-5-16(2,3)6-11(20)12(9)15(21-4)22-14/h7H,5-6H2,1-4H3,(H,17,18). The number of hydrogen-bond acceptors (Lipinski definition) is 5. The molecule has 3 rings (SSSR count). The minimum atomic E-state index is -0.0533. The maximum atomic E-state index is 12.6. The van der Waals surface area contributed by atoms with Crippen molar-refractivity contribution >= 4 is 34.7 Å². The van der Waals surface area contributed by atoms with Crippen molar-refractivity contribution in [3.05, 3.63) is 22.9 Å². The number of thioether (sulfide) groups is 1. The fourth-order valence-electron chi connectivity index (χ4n) is 3.02. The quantitative estimate of drug-likeness (QED) is 0.674. The van der Waals surface area contributed by atoms with Gasteiger partial charge in [-0.3, -0.25) is 14.7 Å². The molecule has 2 aromatic rings. The molecule has 0 saturated heterocycles. The van der Waals surface area contributed by atoms with Crippen LogP contribution in [0.4, 0.5) is 0 Å². The van der Waals surface area contributed by atoms with Crippen LogP contribution in [0.5, 0.6) is 0 Å². The summed E-state index contributed by atoms with van der Waals surface area (Å²) in [6.07, 6.45) is 5.03. The van der Waals surface area contributed by atoms with E-state index in [2.05, 4.69) is 24.0 Å². The Balaban J connectivity index is 2.24. The van der Waals surface area contributed by atoms with E-state index in [1.165, 1.54) is 0 Å². The second kappa shape index (κ2) is 5.35. The van der Waals surface area contributed by atoms with E-state index in [0.29, 0.717) is 17.7 Å². The number of carbonyl (C=O) groups is 2. The summed E-state index contributed by atoms with van der Waals surface area (Å²) in [6, 6.07) is 0. The van der Waals surface area contributed by atoms with Gasteiger partial charge in [0.05, 0.1) is 14.6 Å². The topological polar surface area (TPSA) is 62.8 Å². The number of aromatic nitrogens is 2. The molecule has 0 saturated carbocycles. The molecule has 0 fully saturated rings. The van der Waals surface area contributed by atoms with E-state index in [1.807, 2.05) is 6.26 Å². The van der Waals surface area contributed by atoms with Crippen molar-refractivity contribution in [1.82, 2.24) is 10.2 Å².